The van der Waals surface area contributed by atoms with Gasteiger partial charge in [0, 0.05) is 17.8 Å². The van der Waals surface area contributed by atoms with Gasteiger partial charge in [-0.15, -0.1) is 0 Å². The van der Waals surface area contributed by atoms with Crippen molar-refractivity contribution >= 4 is 27.3 Å². The summed E-state index contributed by atoms with van der Waals surface area (Å²) < 4.78 is 26.5. The van der Waals surface area contributed by atoms with E-state index in [4.69, 9.17) is 0 Å². The molecule has 0 radical (unpaired) electrons. The van der Waals surface area contributed by atoms with Gasteiger partial charge in [-0.05, 0) is 67.1 Å². The van der Waals surface area contributed by atoms with Gasteiger partial charge in [0.25, 0.3) is 5.91 Å². The second kappa shape index (κ2) is 8.13. The Balaban J connectivity index is 1.80. The predicted octanol–water partition coefficient (Wildman–Crippen LogP) is 3.99. The molecule has 2 aromatic carbocycles. The van der Waals surface area contributed by atoms with Crippen LogP contribution in [0.1, 0.15) is 48.2 Å². The fourth-order valence-corrected chi connectivity index (χ4v) is 5.01. The smallest absolute Gasteiger partial charge is 0.255 e. The number of amides is 1. The maximum Gasteiger partial charge on any atom is 0.255 e. The number of aryl methyl sites for hydroxylation is 2. The molecule has 0 atom stereocenters. The van der Waals surface area contributed by atoms with Gasteiger partial charge >= 0.3 is 0 Å². The summed E-state index contributed by atoms with van der Waals surface area (Å²) in [5, 5.41) is 2.92. The molecule has 3 rings (SSSR count). The Morgan fingerprint density at radius 2 is 1.85 bits per heavy atom. The summed E-state index contributed by atoms with van der Waals surface area (Å²) in [6, 6.07) is 13.0. The molecule has 2 aromatic rings. The molecule has 1 heterocycles. The Morgan fingerprint density at radius 1 is 1.11 bits per heavy atom. The minimum atomic E-state index is -3.29. The van der Waals surface area contributed by atoms with Crippen LogP contribution in [0.4, 0.5) is 11.4 Å². The highest BCUT2D eigenvalue weighted by molar-refractivity contribution is 7.92. The SMILES string of the molecule is CCCS(=O)(=O)N1CCCc2cc(NC(=O)c3ccc(CC)cc3)ccc21. The zero-order chi connectivity index (χ0) is 19.4. The summed E-state index contributed by atoms with van der Waals surface area (Å²) in [6.07, 6.45) is 3.12. The Kier molecular flexibility index (Phi) is 5.85. The predicted molar refractivity (Wildman–Crippen MR) is 110 cm³/mol. The lowest BCUT2D eigenvalue weighted by molar-refractivity contribution is 0.102. The van der Waals surface area contributed by atoms with Crippen LogP contribution in [0.25, 0.3) is 0 Å². The van der Waals surface area contributed by atoms with E-state index in [9.17, 15) is 13.2 Å². The molecule has 1 aliphatic rings. The molecule has 1 amide bonds. The number of anilines is 2. The molecule has 0 saturated carbocycles. The van der Waals surface area contributed by atoms with Crippen LogP contribution in [0.15, 0.2) is 42.5 Å². The standard InChI is InChI=1S/C21H26N2O3S/c1-3-14-27(25,26)23-13-5-6-18-15-19(11-12-20(18)23)22-21(24)17-9-7-16(4-2)8-10-17/h7-12,15H,3-6,13-14H2,1-2H3,(H,22,24). The number of benzene rings is 2. The molecule has 0 saturated heterocycles. The summed E-state index contributed by atoms with van der Waals surface area (Å²) in [5.41, 5.74) is 4.18. The average Bonchev–Trinajstić information content (AvgIpc) is 2.67. The van der Waals surface area contributed by atoms with Gasteiger partial charge in [-0.3, -0.25) is 9.10 Å². The molecule has 0 aliphatic carbocycles. The molecule has 1 aliphatic heterocycles. The number of sulfonamides is 1. The molecule has 6 heteroatoms. The van der Waals surface area contributed by atoms with Gasteiger partial charge in [-0.2, -0.15) is 0 Å². The monoisotopic (exact) mass is 386 g/mol. The number of nitrogens with one attached hydrogen (secondary N) is 1. The first-order valence-electron chi connectivity index (χ1n) is 9.48. The van der Waals surface area contributed by atoms with E-state index < -0.39 is 10.0 Å². The second-order valence-corrected chi connectivity index (χ2v) is 8.85. The lowest BCUT2D eigenvalue weighted by Gasteiger charge is -2.30. The molecule has 0 unspecified atom stereocenters. The Morgan fingerprint density at radius 3 is 2.52 bits per heavy atom. The van der Waals surface area contributed by atoms with Crippen molar-refractivity contribution in [1.82, 2.24) is 0 Å². The van der Waals surface area contributed by atoms with E-state index in [2.05, 4.69) is 12.2 Å². The van der Waals surface area contributed by atoms with Crippen molar-refractivity contribution in [3.8, 4) is 0 Å². The van der Waals surface area contributed by atoms with E-state index in [0.29, 0.717) is 24.2 Å². The summed E-state index contributed by atoms with van der Waals surface area (Å²) in [6.45, 7) is 4.46. The summed E-state index contributed by atoms with van der Waals surface area (Å²) in [4.78, 5) is 12.5. The van der Waals surface area contributed by atoms with Crippen molar-refractivity contribution in [3.63, 3.8) is 0 Å². The highest BCUT2D eigenvalue weighted by atomic mass is 32.2. The van der Waals surface area contributed by atoms with E-state index in [1.165, 1.54) is 9.87 Å². The molecule has 1 N–H and O–H groups in total. The van der Waals surface area contributed by atoms with Gasteiger partial charge in [0.2, 0.25) is 10.0 Å². The minimum Gasteiger partial charge on any atom is -0.322 e. The van der Waals surface area contributed by atoms with Gasteiger partial charge in [0.05, 0.1) is 11.4 Å². The maximum absolute atomic E-state index is 12.5. The third kappa shape index (κ3) is 4.33. The summed E-state index contributed by atoms with van der Waals surface area (Å²) in [7, 11) is -3.29. The van der Waals surface area contributed by atoms with Crippen LogP contribution in [-0.2, 0) is 22.9 Å². The first-order valence-corrected chi connectivity index (χ1v) is 11.1. The van der Waals surface area contributed by atoms with Crippen LogP contribution in [0.5, 0.6) is 0 Å². The molecule has 0 aromatic heterocycles. The summed E-state index contributed by atoms with van der Waals surface area (Å²) in [5.74, 6) is -0.0116. The molecule has 0 bridgehead atoms. The molecular weight excluding hydrogens is 360 g/mol. The molecule has 144 valence electrons. The van der Waals surface area contributed by atoms with Crippen LogP contribution >= 0.6 is 0 Å². The Hall–Kier alpha value is -2.34. The minimum absolute atomic E-state index is 0.151. The number of hydrogen-bond donors (Lipinski definition) is 1. The number of rotatable bonds is 6. The number of carbonyl (C=O) groups excluding carboxylic acids is 1. The van der Waals surface area contributed by atoms with Crippen molar-refractivity contribution in [1.29, 1.82) is 0 Å². The van der Waals surface area contributed by atoms with Gasteiger partial charge in [-0.1, -0.05) is 26.0 Å². The maximum atomic E-state index is 12.5. The van der Waals surface area contributed by atoms with Gasteiger partial charge in [-0.25, -0.2) is 8.42 Å². The van der Waals surface area contributed by atoms with Gasteiger partial charge < -0.3 is 5.32 Å². The highest BCUT2D eigenvalue weighted by Gasteiger charge is 2.26. The topological polar surface area (TPSA) is 66.5 Å². The quantitative estimate of drug-likeness (QED) is 0.816. The normalized spacial score (nSPS) is 13.9. The zero-order valence-corrected chi connectivity index (χ0v) is 16.7. The first-order chi connectivity index (χ1) is 12.9. The number of fused-ring (bicyclic) bond motifs is 1. The third-order valence-corrected chi connectivity index (χ3v) is 6.81. The van der Waals surface area contributed by atoms with Crippen LogP contribution in [0, 0.1) is 0 Å². The van der Waals surface area contributed by atoms with Crippen molar-refractivity contribution < 1.29 is 13.2 Å². The van der Waals surface area contributed by atoms with E-state index in [-0.39, 0.29) is 11.7 Å². The molecule has 0 spiro atoms. The van der Waals surface area contributed by atoms with E-state index in [0.717, 1.165) is 30.5 Å². The molecule has 5 nitrogen and oxygen atoms in total. The summed E-state index contributed by atoms with van der Waals surface area (Å²) >= 11 is 0. The fraction of sp³-hybridized carbons (Fsp3) is 0.381. The van der Waals surface area contributed by atoms with Crippen molar-refractivity contribution in [2.24, 2.45) is 0 Å². The largest absolute Gasteiger partial charge is 0.322 e. The molecule has 0 fully saturated rings. The van der Waals surface area contributed by atoms with Crippen molar-refractivity contribution in [2.75, 3.05) is 21.9 Å². The van der Waals surface area contributed by atoms with Gasteiger partial charge in [0.15, 0.2) is 0 Å². The lowest BCUT2D eigenvalue weighted by Crippen LogP contribution is -2.37. The zero-order valence-electron chi connectivity index (χ0n) is 15.9. The van der Waals surface area contributed by atoms with E-state index >= 15 is 0 Å². The average molecular weight is 387 g/mol. The fourth-order valence-electron chi connectivity index (χ4n) is 3.39. The van der Waals surface area contributed by atoms with Crippen LogP contribution in [-0.4, -0.2) is 26.6 Å². The Labute approximate surface area is 161 Å². The Bertz CT molecular complexity index is 921. The molecule has 27 heavy (non-hydrogen) atoms. The second-order valence-electron chi connectivity index (χ2n) is 6.84. The lowest BCUT2D eigenvalue weighted by atomic mass is 10.0. The van der Waals surface area contributed by atoms with Crippen LogP contribution < -0.4 is 9.62 Å². The third-order valence-electron chi connectivity index (χ3n) is 4.84. The van der Waals surface area contributed by atoms with Gasteiger partial charge in [0.1, 0.15) is 0 Å². The first kappa shape index (κ1) is 19.4. The van der Waals surface area contributed by atoms with E-state index in [1.54, 1.807) is 12.1 Å². The van der Waals surface area contributed by atoms with Crippen LogP contribution in [0.2, 0.25) is 0 Å². The molecular formula is C21H26N2O3S. The number of nitrogens with zero attached hydrogens (tertiary/aromatic N) is 1. The van der Waals surface area contributed by atoms with E-state index in [1.807, 2.05) is 37.3 Å². The van der Waals surface area contributed by atoms with Crippen LogP contribution in [0.3, 0.4) is 0 Å². The van der Waals surface area contributed by atoms with Crippen molar-refractivity contribution in [3.05, 3.63) is 59.2 Å². The number of hydrogen-bond acceptors (Lipinski definition) is 3. The highest BCUT2D eigenvalue weighted by Crippen LogP contribution is 2.32. The number of carbonyl (C=O) groups is 1. The van der Waals surface area contributed by atoms with Crippen molar-refractivity contribution in [2.45, 2.75) is 39.5 Å².